The Hall–Kier alpha value is -2.82. The summed E-state index contributed by atoms with van der Waals surface area (Å²) in [5.41, 5.74) is -0.460. The fourth-order valence-electron chi connectivity index (χ4n) is 2.56. The minimum atomic E-state index is -1.14. The number of benzene rings is 3. The van der Waals surface area contributed by atoms with Gasteiger partial charge in [0.15, 0.2) is 0 Å². The lowest BCUT2D eigenvalue weighted by atomic mass is 9.94. The fourth-order valence-corrected chi connectivity index (χ4v) is 2.56. The molecule has 0 radical (unpaired) electrons. The van der Waals surface area contributed by atoms with Crippen LogP contribution in [-0.2, 0) is 0 Å². The molecule has 0 saturated carbocycles. The summed E-state index contributed by atoms with van der Waals surface area (Å²) < 4.78 is 42.0. The number of rotatable bonds is 2. The molecular formula is C18H11F3O2. The lowest BCUT2D eigenvalue weighted by molar-refractivity contribution is 0.0697. The van der Waals surface area contributed by atoms with Gasteiger partial charge in [-0.3, -0.25) is 0 Å². The minimum Gasteiger partial charge on any atom is -0.478 e. The van der Waals surface area contributed by atoms with Crippen LogP contribution in [0.1, 0.15) is 15.9 Å². The summed E-state index contributed by atoms with van der Waals surface area (Å²) >= 11 is 0. The molecule has 0 bridgehead atoms. The van der Waals surface area contributed by atoms with E-state index in [-0.39, 0.29) is 22.3 Å². The van der Waals surface area contributed by atoms with Gasteiger partial charge in [0, 0.05) is 11.6 Å². The van der Waals surface area contributed by atoms with Crippen molar-refractivity contribution in [3.05, 3.63) is 71.0 Å². The number of carboxylic acids is 1. The average molecular weight is 316 g/mol. The maximum absolute atomic E-state index is 14.4. The van der Waals surface area contributed by atoms with E-state index in [0.717, 1.165) is 0 Å². The molecule has 5 heteroatoms. The second-order valence-corrected chi connectivity index (χ2v) is 5.20. The number of fused-ring (bicyclic) bond motifs is 1. The SMILES string of the molecule is Cc1c(F)cc(F)c(-c2cccc3ccc(C(=O)O)cc23)c1F. The van der Waals surface area contributed by atoms with Crippen LogP contribution in [0.25, 0.3) is 21.9 Å². The monoisotopic (exact) mass is 316 g/mol. The molecule has 3 rings (SSSR count). The molecule has 0 aromatic heterocycles. The second kappa shape index (κ2) is 5.43. The highest BCUT2D eigenvalue weighted by Gasteiger charge is 2.19. The Balaban J connectivity index is 2.39. The fraction of sp³-hybridized carbons (Fsp3) is 0.0556. The third kappa shape index (κ3) is 2.44. The normalized spacial score (nSPS) is 11.0. The predicted octanol–water partition coefficient (Wildman–Crippen LogP) is 4.93. The van der Waals surface area contributed by atoms with Crippen molar-refractivity contribution in [1.82, 2.24) is 0 Å². The smallest absolute Gasteiger partial charge is 0.335 e. The van der Waals surface area contributed by atoms with Gasteiger partial charge in [0.25, 0.3) is 0 Å². The van der Waals surface area contributed by atoms with Crippen LogP contribution in [0.2, 0.25) is 0 Å². The lowest BCUT2D eigenvalue weighted by Gasteiger charge is -2.12. The van der Waals surface area contributed by atoms with Crippen LogP contribution in [-0.4, -0.2) is 11.1 Å². The highest BCUT2D eigenvalue weighted by Crippen LogP contribution is 2.35. The number of hydrogen-bond acceptors (Lipinski definition) is 1. The molecule has 0 aliphatic carbocycles. The van der Waals surface area contributed by atoms with Crippen molar-refractivity contribution in [2.24, 2.45) is 0 Å². The number of halogens is 3. The van der Waals surface area contributed by atoms with Gasteiger partial charge in [-0.15, -0.1) is 0 Å². The summed E-state index contributed by atoms with van der Waals surface area (Å²) in [6, 6.07) is 9.75. The van der Waals surface area contributed by atoms with Gasteiger partial charge in [0.05, 0.1) is 11.1 Å². The number of hydrogen-bond donors (Lipinski definition) is 1. The molecule has 0 aliphatic rings. The summed E-state index contributed by atoms with van der Waals surface area (Å²) in [6.45, 7) is 1.22. The van der Waals surface area contributed by atoms with Crippen LogP contribution in [0.5, 0.6) is 0 Å². The van der Waals surface area contributed by atoms with Crippen LogP contribution in [0.4, 0.5) is 13.2 Å². The summed E-state index contributed by atoms with van der Waals surface area (Å²) in [4.78, 5) is 11.1. The summed E-state index contributed by atoms with van der Waals surface area (Å²) in [6.07, 6.45) is 0. The largest absolute Gasteiger partial charge is 0.478 e. The van der Waals surface area contributed by atoms with Gasteiger partial charge >= 0.3 is 5.97 Å². The first-order chi connectivity index (χ1) is 10.9. The van der Waals surface area contributed by atoms with Crippen molar-refractivity contribution < 1.29 is 23.1 Å². The Morgan fingerprint density at radius 3 is 2.43 bits per heavy atom. The van der Waals surface area contributed by atoms with Crippen molar-refractivity contribution in [2.45, 2.75) is 6.92 Å². The van der Waals surface area contributed by atoms with E-state index in [4.69, 9.17) is 5.11 Å². The molecule has 0 heterocycles. The highest BCUT2D eigenvalue weighted by atomic mass is 19.1. The van der Waals surface area contributed by atoms with Crippen LogP contribution >= 0.6 is 0 Å². The van der Waals surface area contributed by atoms with E-state index in [1.54, 1.807) is 18.2 Å². The van der Waals surface area contributed by atoms with Gasteiger partial charge in [-0.05, 0) is 35.4 Å². The molecule has 0 amide bonds. The maximum atomic E-state index is 14.4. The van der Waals surface area contributed by atoms with Crippen molar-refractivity contribution in [3.8, 4) is 11.1 Å². The number of carbonyl (C=O) groups is 1. The molecule has 116 valence electrons. The molecule has 2 nitrogen and oxygen atoms in total. The minimum absolute atomic E-state index is 0.00426. The van der Waals surface area contributed by atoms with E-state index >= 15 is 0 Å². The third-order valence-corrected chi connectivity index (χ3v) is 3.80. The van der Waals surface area contributed by atoms with Gasteiger partial charge in [0.2, 0.25) is 0 Å². The Morgan fingerprint density at radius 2 is 1.74 bits per heavy atom. The number of carboxylic acid groups (broad SMARTS) is 1. The highest BCUT2D eigenvalue weighted by molar-refractivity contribution is 6.01. The molecule has 3 aromatic rings. The molecule has 0 spiro atoms. The first kappa shape index (κ1) is 15.1. The van der Waals surface area contributed by atoms with E-state index in [2.05, 4.69) is 0 Å². The van der Waals surface area contributed by atoms with Crippen molar-refractivity contribution >= 4 is 16.7 Å². The van der Waals surface area contributed by atoms with Crippen LogP contribution in [0.3, 0.4) is 0 Å². The molecule has 1 N–H and O–H groups in total. The molecule has 0 saturated heterocycles. The maximum Gasteiger partial charge on any atom is 0.335 e. The van der Waals surface area contributed by atoms with Gasteiger partial charge in [0.1, 0.15) is 17.5 Å². The van der Waals surface area contributed by atoms with Crippen LogP contribution in [0, 0.1) is 24.4 Å². The Bertz CT molecular complexity index is 949. The molecule has 3 aromatic carbocycles. The van der Waals surface area contributed by atoms with Crippen molar-refractivity contribution in [1.29, 1.82) is 0 Å². The molecule has 0 fully saturated rings. The topological polar surface area (TPSA) is 37.3 Å². The number of aromatic carboxylic acids is 1. The van der Waals surface area contributed by atoms with Gasteiger partial charge < -0.3 is 5.11 Å². The first-order valence-corrected chi connectivity index (χ1v) is 6.80. The Morgan fingerprint density at radius 1 is 1.00 bits per heavy atom. The zero-order chi connectivity index (χ0) is 16.7. The van der Waals surface area contributed by atoms with Crippen molar-refractivity contribution in [2.75, 3.05) is 0 Å². The van der Waals surface area contributed by atoms with E-state index in [1.807, 2.05) is 0 Å². The zero-order valence-electron chi connectivity index (χ0n) is 12.0. The van der Waals surface area contributed by atoms with E-state index in [1.165, 1.54) is 25.1 Å². The Labute approximate surface area is 129 Å². The molecule has 0 aliphatic heterocycles. The van der Waals surface area contributed by atoms with Gasteiger partial charge in [-0.1, -0.05) is 24.3 Å². The van der Waals surface area contributed by atoms with Crippen LogP contribution < -0.4 is 0 Å². The van der Waals surface area contributed by atoms with E-state index in [9.17, 15) is 18.0 Å². The first-order valence-electron chi connectivity index (χ1n) is 6.80. The Kier molecular flexibility index (Phi) is 3.56. The average Bonchev–Trinajstić information content (AvgIpc) is 2.52. The van der Waals surface area contributed by atoms with Crippen molar-refractivity contribution in [3.63, 3.8) is 0 Å². The second-order valence-electron chi connectivity index (χ2n) is 5.20. The standard InChI is InChI=1S/C18H11F3O2/c1-9-14(19)8-15(20)16(17(9)21)12-4-2-3-10-5-6-11(18(22)23)7-13(10)12/h2-8H,1H3,(H,22,23). The quantitative estimate of drug-likeness (QED) is 0.728. The zero-order valence-corrected chi connectivity index (χ0v) is 12.0. The summed E-state index contributed by atoms with van der Waals surface area (Å²) in [5, 5.41) is 10.1. The summed E-state index contributed by atoms with van der Waals surface area (Å²) in [7, 11) is 0. The molecule has 0 unspecified atom stereocenters. The molecular weight excluding hydrogens is 305 g/mol. The molecule has 0 atom stereocenters. The van der Waals surface area contributed by atoms with E-state index < -0.39 is 23.4 Å². The third-order valence-electron chi connectivity index (χ3n) is 3.80. The molecule has 23 heavy (non-hydrogen) atoms. The van der Waals surface area contributed by atoms with Gasteiger partial charge in [-0.25, -0.2) is 18.0 Å². The lowest BCUT2D eigenvalue weighted by Crippen LogP contribution is -1.99. The van der Waals surface area contributed by atoms with Crippen LogP contribution in [0.15, 0.2) is 42.5 Å². The van der Waals surface area contributed by atoms with E-state index in [0.29, 0.717) is 16.8 Å². The summed E-state index contributed by atoms with van der Waals surface area (Å²) in [5.74, 6) is -4.12. The van der Waals surface area contributed by atoms with Gasteiger partial charge in [-0.2, -0.15) is 0 Å². The predicted molar refractivity (Wildman–Crippen MR) is 81.0 cm³/mol.